The maximum Gasteiger partial charge on any atom is 0.357 e. The van der Waals surface area contributed by atoms with Crippen LogP contribution in [-0.2, 0) is 9.47 Å². The van der Waals surface area contributed by atoms with E-state index in [9.17, 15) is 9.59 Å². The smallest absolute Gasteiger partial charge is 0.357 e. The molecule has 0 spiro atoms. The van der Waals surface area contributed by atoms with Crippen molar-refractivity contribution in [2.75, 3.05) is 13.2 Å². The van der Waals surface area contributed by atoms with Crippen molar-refractivity contribution >= 4 is 64.1 Å². The first-order valence-electron chi connectivity index (χ1n) is 12.8. The second-order valence-electron chi connectivity index (χ2n) is 9.01. The van der Waals surface area contributed by atoms with Gasteiger partial charge in [0.15, 0.2) is 23.6 Å². The molecule has 0 saturated heterocycles. The number of fused-ring (bicyclic) bond motifs is 1. The number of hydrogen-bond donors (Lipinski definition) is 1. The molecule has 1 N–H and O–H groups in total. The van der Waals surface area contributed by atoms with Crippen LogP contribution in [0.4, 0.5) is 5.69 Å². The fraction of sp³-hybridized carbons (Fsp3) is 0.214. The van der Waals surface area contributed by atoms with Crippen molar-refractivity contribution in [2.45, 2.75) is 27.7 Å². The van der Waals surface area contributed by atoms with Crippen molar-refractivity contribution in [2.24, 2.45) is 4.99 Å². The second-order valence-corrected chi connectivity index (χ2v) is 10.3. The minimum absolute atomic E-state index is 0.0506. The third kappa shape index (κ3) is 5.38. The summed E-state index contributed by atoms with van der Waals surface area (Å²) in [6.07, 6.45) is 1.39. The van der Waals surface area contributed by atoms with Gasteiger partial charge in [0, 0.05) is 15.8 Å². The number of nitrogens with one attached hydrogen (secondary N) is 1. The van der Waals surface area contributed by atoms with Crippen LogP contribution in [0.25, 0.3) is 28.3 Å². The number of carbonyl (C=O) groups is 1. The van der Waals surface area contributed by atoms with Crippen molar-refractivity contribution < 1.29 is 14.3 Å². The number of aryl methyl sites for hydroxylation is 1. The zero-order chi connectivity index (χ0) is 30.1. The standard InChI is InChI=1S/C28H24Cl3N7O4/c1-5-41-13-32-18-9-7-16(8-10-18)25-33-26-21(15(4)34-38(26)36-25)14(3)22-23(28(40)42-6-2)35-37(27(22)39)24-19(30)11-17(29)12-20(24)31/h7-13,35H,5-6H2,1-4H3/b21-14-,32-13?. The summed E-state index contributed by atoms with van der Waals surface area (Å²) in [7, 11) is 0. The predicted molar refractivity (Wildman–Crippen MR) is 162 cm³/mol. The van der Waals surface area contributed by atoms with Crippen LogP contribution in [0.2, 0.25) is 15.1 Å². The van der Waals surface area contributed by atoms with Gasteiger partial charge in [0.25, 0.3) is 5.56 Å². The molecule has 42 heavy (non-hydrogen) atoms. The fourth-order valence-electron chi connectivity index (χ4n) is 4.48. The van der Waals surface area contributed by atoms with Crippen LogP contribution in [0.3, 0.4) is 0 Å². The lowest BCUT2D eigenvalue weighted by atomic mass is 10.1. The molecule has 0 radical (unpaired) electrons. The number of H-pyrrole nitrogens is 1. The Morgan fingerprint density at radius 3 is 2.40 bits per heavy atom. The molecule has 5 aromatic rings. The number of aromatic amines is 1. The SMILES string of the molecule is CCOC=Nc1ccc(-c2nc3/c(=C(/C)c4c(C(=O)OCC)[nH]n(-c5c(Cl)cc(Cl)cc5Cl)c4=O)c(C)nn3n2)cc1. The van der Waals surface area contributed by atoms with Gasteiger partial charge in [-0.25, -0.2) is 19.5 Å². The lowest BCUT2D eigenvalue weighted by molar-refractivity contribution is 0.0518. The topological polar surface area (TPSA) is 129 Å². The molecule has 0 atom stereocenters. The molecule has 14 heteroatoms. The quantitative estimate of drug-likeness (QED) is 0.139. The highest BCUT2D eigenvalue weighted by atomic mass is 35.5. The molecule has 11 nitrogen and oxygen atoms in total. The van der Waals surface area contributed by atoms with Crippen LogP contribution in [0.1, 0.15) is 42.5 Å². The molecule has 216 valence electrons. The fourth-order valence-corrected chi connectivity index (χ4v) is 5.47. The average molecular weight is 629 g/mol. The summed E-state index contributed by atoms with van der Waals surface area (Å²) in [5.41, 5.74) is 2.36. The van der Waals surface area contributed by atoms with E-state index in [2.05, 4.69) is 20.3 Å². The maximum absolute atomic E-state index is 13.9. The second kappa shape index (κ2) is 12.0. The number of aliphatic imine (C=N–C) groups is 1. The van der Waals surface area contributed by atoms with Crippen molar-refractivity contribution in [1.29, 1.82) is 0 Å². The van der Waals surface area contributed by atoms with Gasteiger partial charge in [-0.3, -0.25) is 9.89 Å². The van der Waals surface area contributed by atoms with E-state index in [-0.39, 0.29) is 33.6 Å². The Morgan fingerprint density at radius 2 is 1.76 bits per heavy atom. The van der Waals surface area contributed by atoms with Crippen LogP contribution >= 0.6 is 34.8 Å². The normalized spacial score (nSPS) is 12.4. The third-order valence-electron chi connectivity index (χ3n) is 6.31. The predicted octanol–water partition coefficient (Wildman–Crippen LogP) is 5.35. The molecule has 0 saturated carbocycles. The van der Waals surface area contributed by atoms with Crippen molar-refractivity contribution in [3.05, 3.63) is 84.0 Å². The van der Waals surface area contributed by atoms with Crippen molar-refractivity contribution in [1.82, 2.24) is 29.6 Å². The zero-order valence-electron chi connectivity index (χ0n) is 22.9. The minimum atomic E-state index is -0.730. The summed E-state index contributed by atoms with van der Waals surface area (Å²) in [4.78, 5) is 35.9. The maximum atomic E-state index is 13.9. The van der Waals surface area contributed by atoms with Crippen molar-refractivity contribution in [3.63, 3.8) is 0 Å². The highest BCUT2D eigenvalue weighted by Crippen LogP contribution is 2.32. The van der Waals surface area contributed by atoms with E-state index in [0.29, 0.717) is 45.3 Å². The Kier molecular flexibility index (Phi) is 8.35. The van der Waals surface area contributed by atoms with Gasteiger partial charge in [0.2, 0.25) is 0 Å². The summed E-state index contributed by atoms with van der Waals surface area (Å²) in [6, 6.07) is 10.2. The Hall–Kier alpha value is -4.19. The van der Waals surface area contributed by atoms with Crippen molar-refractivity contribution in [3.8, 4) is 17.1 Å². The molecule has 0 amide bonds. The summed E-state index contributed by atoms with van der Waals surface area (Å²) < 4.78 is 12.9. The van der Waals surface area contributed by atoms with E-state index in [1.807, 2.05) is 31.2 Å². The Morgan fingerprint density at radius 1 is 1.07 bits per heavy atom. The van der Waals surface area contributed by atoms with Gasteiger partial charge in [0.05, 0.1) is 40.2 Å². The molecule has 0 unspecified atom stereocenters. The van der Waals surface area contributed by atoms with Crippen LogP contribution in [0, 0.1) is 6.92 Å². The number of benzene rings is 2. The minimum Gasteiger partial charge on any atom is -0.483 e. The first-order chi connectivity index (χ1) is 20.1. The van der Waals surface area contributed by atoms with Gasteiger partial charge in [-0.15, -0.1) is 9.73 Å². The lowest BCUT2D eigenvalue weighted by Crippen LogP contribution is -2.21. The number of nitrogens with zero attached hydrogens (tertiary/aromatic N) is 6. The molecule has 0 fully saturated rings. The van der Waals surface area contributed by atoms with Crippen LogP contribution in [0.15, 0.2) is 46.2 Å². The molecular weight excluding hydrogens is 605 g/mol. The van der Waals surface area contributed by atoms with E-state index in [4.69, 9.17) is 49.3 Å². The van der Waals surface area contributed by atoms with E-state index in [1.54, 1.807) is 20.8 Å². The van der Waals surface area contributed by atoms with Crippen LogP contribution in [-0.4, -0.2) is 55.2 Å². The zero-order valence-corrected chi connectivity index (χ0v) is 25.2. The summed E-state index contributed by atoms with van der Waals surface area (Å²) >= 11 is 18.9. The Labute approximate surface area is 254 Å². The molecule has 0 bridgehead atoms. The van der Waals surface area contributed by atoms with E-state index >= 15 is 0 Å². The van der Waals surface area contributed by atoms with E-state index in [0.717, 1.165) is 10.2 Å². The molecule has 0 aliphatic heterocycles. The number of rotatable bonds is 8. The van der Waals surface area contributed by atoms with Gasteiger partial charge in [-0.05, 0) is 69.7 Å². The van der Waals surface area contributed by atoms with Gasteiger partial charge in [0.1, 0.15) is 5.69 Å². The monoisotopic (exact) mass is 627 g/mol. The van der Waals surface area contributed by atoms with Crippen LogP contribution in [0.5, 0.6) is 0 Å². The van der Waals surface area contributed by atoms with E-state index < -0.39 is 11.5 Å². The average Bonchev–Trinajstić information content (AvgIpc) is 3.59. The van der Waals surface area contributed by atoms with Gasteiger partial charge in [-0.2, -0.15) is 5.10 Å². The Balaban J connectivity index is 1.69. The van der Waals surface area contributed by atoms with Gasteiger partial charge >= 0.3 is 5.97 Å². The molecule has 5 rings (SSSR count). The number of ether oxygens (including phenoxy) is 2. The lowest BCUT2D eigenvalue weighted by Gasteiger charge is -2.08. The molecule has 0 aliphatic rings. The Bertz CT molecular complexity index is 1940. The molecule has 3 heterocycles. The third-order valence-corrected chi connectivity index (χ3v) is 7.11. The number of esters is 1. The highest BCUT2D eigenvalue weighted by molar-refractivity contribution is 6.40. The first kappa shape index (κ1) is 29.3. The number of aromatic nitrogens is 6. The largest absolute Gasteiger partial charge is 0.483 e. The number of hydrogen-bond acceptors (Lipinski definition) is 8. The summed E-state index contributed by atoms with van der Waals surface area (Å²) in [5, 5.41) is 12.9. The van der Waals surface area contributed by atoms with E-state index in [1.165, 1.54) is 23.2 Å². The van der Waals surface area contributed by atoms with Gasteiger partial charge < -0.3 is 9.47 Å². The molecule has 2 aromatic carbocycles. The number of carbonyl (C=O) groups excluding carboxylic acids is 1. The number of halogens is 3. The summed E-state index contributed by atoms with van der Waals surface area (Å²) in [6.45, 7) is 7.63. The van der Waals surface area contributed by atoms with Crippen LogP contribution < -0.4 is 10.8 Å². The molecule has 3 aromatic heterocycles. The molecule has 0 aliphatic carbocycles. The highest BCUT2D eigenvalue weighted by Gasteiger charge is 2.27. The summed E-state index contributed by atoms with van der Waals surface area (Å²) in [5.74, 6) is -0.310. The molecular formula is C28H24Cl3N7O4. The first-order valence-corrected chi connectivity index (χ1v) is 13.9. The van der Waals surface area contributed by atoms with Gasteiger partial charge in [-0.1, -0.05) is 34.8 Å².